The molecule has 10 nitrogen and oxygen atoms in total. The number of nitrogens with zero attached hydrogens (tertiary/aromatic N) is 1. The fourth-order valence-electron chi connectivity index (χ4n) is 8.40. The molecule has 0 aromatic heterocycles. The Morgan fingerprint density at radius 3 is 1.35 bits per heavy atom. The van der Waals surface area contributed by atoms with E-state index in [9.17, 15) is 14.4 Å². The van der Waals surface area contributed by atoms with E-state index in [0.717, 1.165) is 109 Å². The number of hydrogen-bond acceptors (Lipinski definition) is 10. The maximum absolute atomic E-state index is 12.8. The third kappa shape index (κ3) is 46.6. The number of likely N-dealkylation sites (N-methyl/N-ethyl adjacent to an activating group) is 1. The van der Waals surface area contributed by atoms with Crippen LogP contribution in [0.5, 0.6) is 0 Å². The van der Waals surface area contributed by atoms with Crippen LogP contribution in [0.2, 0.25) is 0 Å². The van der Waals surface area contributed by atoms with Crippen molar-refractivity contribution < 1.29 is 42.8 Å². The zero-order valence-electron chi connectivity index (χ0n) is 46.5. The van der Waals surface area contributed by atoms with Crippen LogP contribution in [-0.4, -0.2) is 88.1 Å². The summed E-state index contributed by atoms with van der Waals surface area (Å²) in [6.45, 7) is 7.62. The standard InChI is InChI=1S/C61H109NO9/c1-6-9-12-15-18-21-24-26-28-30-32-35-38-41-44-47-58(63)67-53-56(54-68-59(64)48-45-42-39-36-33-31-29-27-25-22-19-16-13-10-7-2)69-60-57(71-60)50-49-55(70-61(65)66-52-51-62(4)5)46-43-40-37-34-23-20-17-14-11-8-3/h18-19,21-22,26-29,55-57,60H,6-17,20,23-25,30-54H2,1-5H3/b21-18-,22-19-,28-26-,29-27-. The van der Waals surface area contributed by atoms with Crippen LogP contribution in [-0.2, 0) is 38.0 Å². The quantitative estimate of drug-likeness (QED) is 0.0192. The average molecular weight is 1000 g/mol. The third-order valence-corrected chi connectivity index (χ3v) is 13.1. The van der Waals surface area contributed by atoms with E-state index in [1.807, 2.05) is 19.0 Å². The smallest absolute Gasteiger partial charge is 0.463 e. The molecule has 0 aromatic rings. The highest BCUT2D eigenvalue weighted by Gasteiger charge is 2.42. The van der Waals surface area contributed by atoms with Gasteiger partial charge in [-0.2, -0.15) is 0 Å². The van der Waals surface area contributed by atoms with E-state index in [-0.39, 0.29) is 44.0 Å². The van der Waals surface area contributed by atoms with Crippen LogP contribution in [0.15, 0.2) is 48.6 Å². The number of epoxide rings is 1. The Morgan fingerprint density at radius 2 is 0.887 bits per heavy atom. The maximum Gasteiger partial charge on any atom is 0.508 e. The van der Waals surface area contributed by atoms with Gasteiger partial charge in [0.15, 0.2) is 6.29 Å². The largest absolute Gasteiger partial charge is 0.508 e. The maximum atomic E-state index is 12.8. The topological polar surface area (TPSA) is 113 Å². The van der Waals surface area contributed by atoms with Crippen molar-refractivity contribution in [2.75, 3.05) is 40.5 Å². The summed E-state index contributed by atoms with van der Waals surface area (Å²) in [4.78, 5) is 40.3. The van der Waals surface area contributed by atoms with Gasteiger partial charge in [0.1, 0.15) is 38.1 Å². The highest BCUT2D eigenvalue weighted by atomic mass is 16.8. The molecule has 1 saturated heterocycles. The van der Waals surface area contributed by atoms with Crippen molar-refractivity contribution in [3.05, 3.63) is 48.6 Å². The zero-order valence-corrected chi connectivity index (χ0v) is 46.5. The monoisotopic (exact) mass is 1000 g/mol. The van der Waals surface area contributed by atoms with E-state index in [0.29, 0.717) is 32.2 Å². The Bertz CT molecular complexity index is 1280. The van der Waals surface area contributed by atoms with E-state index in [4.69, 9.17) is 28.4 Å². The van der Waals surface area contributed by atoms with Gasteiger partial charge in [-0.15, -0.1) is 0 Å². The van der Waals surface area contributed by atoms with Gasteiger partial charge < -0.3 is 33.3 Å². The lowest BCUT2D eigenvalue weighted by atomic mass is 10.0. The Morgan fingerprint density at radius 1 is 0.479 bits per heavy atom. The lowest BCUT2D eigenvalue weighted by molar-refractivity contribution is -0.158. The predicted octanol–water partition coefficient (Wildman–Crippen LogP) is 17.0. The SMILES string of the molecule is CCCCC/C=C\C/C=C\CCCCCCCC(=O)OCC(COC(=O)CCCCCCC/C=C\C/C=C\CCCCC)OC1OC1CCC(CCCCCCCCCCCC)OC(=O)OCCN(C)C. The van der Waals surface area contributed by atoms with Gasteiger partial charge in [0.05, 0.1) is 0 Å². The normalized spacial score (nSPS) is 15.3. The fraction of sp³-hybridized carbons (Fsp3) is 0.820. The number of allylic oxidation sites excluding steroid dienone is 8. The zero-order chi connectivity index (χ0) is 51.5. The average Bonchev–Trinajstić information content (AvgIpc) is 4.11. The van der Waals surface area contributed by atoms with Crippen LogP contribution in [0.25, 0.3) is 0 Å². The second-order valence-electron chi connectivity index (χ2n) is 20.3. The Kier molecular flexibility index (Phi) is 47.1. The summed E-state index contributed by atoms with van der Waals surface area (Å²) in [6, 6.07) is 0. The molecule has 0 N–H and O–H groups in total. The Hall–Kier alpha value is -2.95. The molecule has 71 heavy (non-hydrogen) atoms. The first-order valence-corrected chi connectivity index (χ1v) is 29.5. The summed E-state index contributed by atoms with van der Waals surface area (Å²) < 4.78 is 34.8. The summed E-state index contributed by atoms with van der Waals surface area (Å²) in [7, 11) is 3.88. The van der Waals surface area contributed by atoms with E-state index < -0.39 is 18.5 Å². The van der Waals surface area contributed by atoms with Crippen LogP contribution >= 0.6 is 0 Å². The van der Waals surface area contributed by atoms with Crippen LogP contribution in [0.1, 0.15) is 258 Å². The fourth-order valence-corrected chi connectivity index (χ4v) is 8.40. The first kappa shape index (κ1) is 66.1. The molecular weight excluding hydrogens is 891 g/mol. The summed E-state index contributed by atoms with van der Waals surface area (Å²) in [6.07, 6.45) is 55.8. The van der Waals surface area contributed by atoms with Crippen molar-refractivity contribution in [1.29, 1.82) is 0 Å². The second kappa shape index (κ2) is 50.6. The van der Waals surface area contributed by atoms with Gasteiger partial charge >= 0.3 is 18.1 Å². The van der Waals surface area contributed by atoms with Gasteiger partial charge in [-0.1, -0.05) is 191 Å². The number of ether oxygens (including phenoxy) is 6. The molecule has 1 rings (SSSR count). The first-order chi connectivity index (χ1) is 34.8. The molecular formula is C61H109NO9. The molecule has 1 fully saturated rings. The highest BCUT2D eigenvalue weighted by molar-refractivity contribution is 5.69. The number of rotatable bonds is 52. The van der Waals surface area contributed by atoms with Crippen LogP contribution in [0, 0.1) is 0 Å². The minimum Gasteiger partial charge on any atom is -0.463 e. The van der Waals surface area contributed by atoms with Crippen LogP contribution < -0.4 is 0 Å². The van der Waals surface area contributed by atoms with Crippen LogP contribution in [0.4, 0.5) is 4.79 Å². The summed E-state index contributed by atoms with van der Waals surface area (Å²) in [5.74, 6) is -0.531. The Labute approximate surface area is 436 Å². The second-order valence-corrected chi connectivity index (χ2v) is 20.3. The number of hydrogen-bond donors (Lipinski definition) is 0. The van der Waals surface area contributed by atoms with Gasteiger partial charge in [0, 0.05) is 19.4 Å². The number of unbranched alkanes of at least 4 members (excludes halogenated alkanes) is 25. The molecule has 0 saturated carbocycles. The summed E-state index contributed by atoms with van der Waals surface area (Å²) in [5.41, 5.74) is 0. The van der Waals surface area contributed by atoms with Gasteiger partial charge in [0.25, 0.3) is 0 Å². The van der Waals surface area contributed by atoms with E-state index in [1.165, 1.54) is 103 Å². The molecule has 3 atom stereocenters. The third-order valence-electron chi connectivity index (χ3n) is 13.1. The lowest BCUT2D eigenvalue weighted by Crippen LogP contribution is -2.30. The molecule has 1 aliphatic heterocycles. The lowest BCUT2D eigenvalue weighted by Gasteiger charge is -2.18. The molecule has 0 aliphatic carbocycles. The molecule has 0 bridgehead atoms. The molecule has 3 unspecified atom stereocenters. The van der Waals surface area contributed by atoms with E-state index >= 15 is 0 Å². The van der Waals surface area contributed by atoms with Gasteiger partial charge in [-0.05, 0) is 117 Å². The van der Waals surface area contributed by atoms with Crippen molar-refractivity contribution in [1.82, 2.24) is 4.90 Å². The Balaban J connectivity index is 2.58. The van der Waals surface area contributed by atoms with Gasteiger partial charge in [-0.25, -0.2) is 4.79 Å². The molecule has 0 aromatic carbocycles. The molecule has 0 radical (unpaired) electrons. The molecule has 0 spiro atoms. The van der Waals surface area contributed by atoms with Crippen LogP contribution in [0.3, 0.4) is 0 Å². The van der Waals surface area contributed by atoms with E-state index in [1.54, 1.807) is 0 Å². The number of esters is 2. The van der Waals surface area contributed by atoms with Gasteiger partial charge in [-0.3, -0.25) is 9.59 Å². The minimum atomic E-state index is -0.641. The predicted molar refractivity (Wildman–Crippen MR) is 295 cm³/mol. The molecule has 412 valence electrons. The van der Waals surface area contributed by atoms with Crippen molar-refractivity contribution >= 4 is 18.1 Å². The van der Waals surface area contributed by atoms with Crippen molar-refractivity contribution in [3.8, 4) is 0 Å². The van der Waals surface area contributed by atoms with E-state index in [2.05, 4.69) is 69.4 Å². The summed E-state index contributed by atoms with van der Waals surface area (Å²) in [5, 5.41) is 0. The van der Waals surface area contributed by atoms with Crippen molar-refractivity contribution in [3.63, 3.8) is 0 Å². The molecule has 0 amide bonds. The molecule has 1 heterocycles. The van der Waals surface area contributed by atoms with Crippen molar-refractivity contribution in [2.45, 2.75) is 283 Å². The summed E-state index contributed by atoms with van der Waals surface area (Å²) >= 11 is 0. The molecule has 1 aliphatic rings. The number of carbonyl (C=O) groups is 3. The van der Waals surface area contributed by atoms with Crippen molar-refractivity contribution in [2.24, 2.45) is 0 Å². The first-order valence-electron chi connectivity index (χ1n) is 29.5. The number of carbonyl (C=O) groups excluding carboxylic acids is 3. The van der Waals surface area contributed by atoms with Gasteiger partial charge in [0.2, 0.25) is 0 Å². The highest BCUT2D eigenvalue weighted by Crippen LogP contribution is 2.31. The molecule has 10 heteroatoms. The minimum absolute atomic E-state index is 0.00802.